The first-order valence-electron chi connectivity index (χ1n) is 37.9. The molecule has 4 aromatic heterocycles. The molecule has 2 atom stereocenters. The van der Waals surface area contributed by atoms with Crippen LogP contribution in [0.15, 0.2) is 353 Å². The van der Waals surface area contributed by atoms with Gasteiger partial charge in [-0.3, -0.25) is 9.97 Å². The quantitative estimate of drug-likeness (QED) is 0.134. The highest BCUT2D eigenvalue weighted by Crippen LogP contribution is 2.66. The molecule has 8 heteroatoms. The normalized spacial score (nSPS) is 15.1. The van der Waals surface area contributed by atoms with Crippen molar-refractivity contribution in [2.24, 2.45) is 0 Å². The van der Waals surface area contributed by atoms with E-state index in [0.717, 1.165) is 101 Å². The van der Waals surface area contributed by atoms with Crippen LogP contribution in [0.25, 0.3) is 134 Å². The maximum atomic E-state index is 5.55. The van der Waals surface area contributed by atoms with Crippen LogP contribution in [0.2, 0.25) is 0 Å². The molecule has 6 nitrogen and oxygen atoms in total. The SMILES string of the molecule is Cc1cc(C)c(-c2ccc3c(c2)Sc2ccccc2C32c3ccccc3-c3cc(-c4cc(-c5ccc(-c6ccc7c(c6)C6(c8ccccc8Sc8cc(-c9cc(C)c(C)cn9)ccc86)c6cccc(-c8cc(-c9ccc(-c%10ccccc%10)cc9)nc(C)n8)c6-7)cc5)nc(-c5ccc(-c6ccccc6)cc5)n4)ccc32)cn1. The molecule has 13 aromatic carbocycles. The zero-order valence-corrected chi connectivity index (χ0v) is 63.4. The Morgan fingerprint density at radius 3 is 1.33 bits per heavy atom. The Kier molecular flexibility index (Phi) is 15.6. The van der Waals surface area contributed by atoms with Crippen molar-refractivity contribution < 1.29 is 0 Å². The Balaban J connectivity index is 0.704. The van der Waals surface area contributed by atoms with E-state index in [2.05, 4.69) is 349 Å². The maximum absolute atomic E-state index is 5.55. The fourth-order valence-electron chi connectivity index (χ4n) is 18.0. The van der Waals surface area contributed by atoms with Crippen LogP contribution in [-0.2, 0) is 10.8 Å². The van der Waals surface area contributed by atoms with E-state index in [0.29, 0.717) is 11.6 Å². The Labute approximate surface area is 654 Å². The van der Waals surface area contributed by atoms with E-state index in [1.807, 2.05) is 42.8 Å². The summed E-state index contributed by atoms with van der Waals surface area (Å²) in [5, 5.41) is 0. The Bertz CT molecular complexity index is 6690. The summed E-state index contributed by atoms with van der Waals surface area (Å²) in [7, 11) is 0. The van der Waals surface area contributed by atoms with E-state index in [1.165, 1.54) is 114 Å². The maximum Gasteiger partial charge on any atom is 0.160 e. The van der Waals surface area contributed by atoms with Gasteiger partial charge in [0, 0.05) is 76.6 Å². The van der Waals surface area contributed by atoms with Gasteiger partial charge in [-0.15, -0.1) is 0 Å². The molecule has 2 aliphatic carbocycles. The first kappa shape index (κ1) is 66.2. The number of aryl methyl sites for hydroxylation is 5. The van der Waals surface area contributed by atoms with E-state index >= 15 is 0 Å². The van der Waals surface area contributed by atoms with Gasteiger partial charge in [0.15, 0.2) is 5.82 Å². The lowest BCUT2D eigenvalue weighted by atomic mass is 9.67. The molecular formula is C103H70N6S2. The third-order valence-corrected chi connectivity index (χ3v) is 25.7. The van der Waals surface area contributed by atoms with Crippen LogP contribution >= 0.6 is 23.5 Å². The second kappa shape index (κ2) is 26.1. The monoisotopic (exact) mass is 1450 g/mol. The average Bonchev–Trinajstić information content (AvgIpc) is 1.54. The minimum absolute atomic E-state index is 0.566. The largest absolute Gasteiger partial charge is 0.261 e. The summed E-state index contributed by atoms with van der Waals surface area (Å²) in [5.41, 5.74) is 37.9. The number of benzene rings is 13. The molecule has 0 amide bonds. The van der Waals surface area contributed by atoms with Gasteiger partial charge in [0.05, 0.1) is 39.3 Å². The van der Waals surface area contributed by atoms with E-state index in [1.54, 1.807) is 0 Å². The van der Waals surface area contributed by atoms with Gasteiger partial charge in [-0.1, -0.05) is 284 Å². The number of nitrogens with zero attached hydrogens (tertiary/aromatic N) is 6. The topological polar surface area (TPSA) is 77.3 Å². The molecular weight excluding hydrogens is 1390 g/mol. The highest BCUT2D eigenvalue weighted by Gasteiger charge is 2.53. The predicted octanol–water partition coefficient (Wildman–Crippen LogP) is 25.9. The molecule has 0 radical (unpaired) electrons. The van der Waals surface area contributed by atoms with Crippen LogP contribution in [0.5, 0.6) is 0 Å². The average molecular weight is 1460 g/mol. The van der Waals surface area contributed by atoms with Crippen molar-refractivity contribution >= 4 is 23.5 Å². The molecule has 0 bridgehead atoms. The zero-order valence-electron chi connectivity index (χ0n) is 61.8. The highest BCUT2D eigenvalue weighted by atomic mass is 32.2. The molecule has 4 aliphatic rings. The van der Waals surface area contributed by atoms with E-state index < -0.39 is 10.8 Å². The van der Waals surface area contributed by atoms with Crippen LogP contribution in [-0.4, -0.2) is 29.9 Å². The van der Waals surface area contributed by atoms with E-state index in [-0.39, 0.29) is 0 Å². The van der Waals surface area contributed by atoms with Crippen LogP contribution in [0.1, 0.15) is 72.7 Å². The fourth-order valence-corrected chi connectivity index (χ4v) is 20.5. The third-order valence-electron chi connectivity index (χ3n) is 23.4. The molecule has 0 fully saturated rings. The molecule has 21 rings (SSSR count). The number of pyridine rings is 2. The first-order valence-corrected chi connectivity index (χ1v) is 39.6. The Hall–Kier alpha value is -13.0. The molecule has 2 spiro atoms. The smallest absolute Gasteiger partial charge is 0.160 e. The van der Waals surface area contributed by atoms with Gasteiger partial charge in [0.1, 0.15) is 5.82 Å². The summed E-state index contributed by atoms with van der Waals surface area (Å²) in [6.45, 7) is 10.6. The molecule has 524 valence electrons. The first-order chi connectivity index (χ1) is 54.5. The molecule has 111 heavy (non-hydrogen) atoms. The summed E-state index contributed by atoms with van der Waals surface area (Å²) in [4.78, 5) is 36.2. The number of hydrogen-bond acceptors (Lipinski definition) is 8. The molecule has 0 saturated carbocycles. The molecule has 2 aliphatic heterocycles. The van der Waals surface area contributed by atoms with Crippen molar-refractivity contribution in [1.29, 1.82) is 0 Å². The Morgan fingerprint density at radius 1 is 0.225 bits per heavy atom. The third kappa shape index (κ3) is 10.7. The second-order valence-electron chi connectivity index (χ2n) is 29.8. The number of rotatable bonds is 10. The predicted molar refractivity (Wildman–Crippen MR) is 454 cm³/mol. The molecule has 6 heterocycles. The van der Waals surface area contributed by atoms with Gasteiger partial charge in [0.2, 0.25) is 0 Å². The van der Waals surface area contributed by atoms with Crippen molar-refractivity contribution in [3.8, 4) is 134 Å². The van der Waals surface area contributed by atoms with Crippen molar-refractivity contribution in [2.75, 3.05) is 0 Å². The molecule has 0 N–H and O–H groups in total. The highest BCUT2D eigenvalue weighted by molar-refractivity contribution is 7.99. The molecule has 17 aromatic rings. The van der Waals surface area contributed by atoms with Gasteiger partial charge < -0.3 is 0 Å². The summed E-state index contributed by atoms with van der Waals surface area (Å²) in [5.74, 6) is 1.37. The van der Waals surface area contributed by atoms with Crippen LogP contribution in [0.4, 0.5) is 0 Å². The molecule has 0 saturated heterocycles. The minimum Gasteiger partial charge on any atom is -0.261 e. The second-order valence-corrected chi connectivity index (χ2v) is 32.0. The van der Waals surface area contributed by atoms with Crippen molar-refractivity contribution in [3.05, 3.63) is 407 Å². The lowest BCUT2D eigenvalue weighted by Crippen LogP contribution is -2.32. The summed E-state index contributed by atoms with van der Waals surface area (Å²) in [6, 6.07) is 119. The van der Waals surface area contributed by atoms with Crippen LogP contribution < -0.4 is 0 Å². The van der Waals surface area contributed by atoms with E-state index in [4.69, 9.17) is 29.9 Å². The summed E-state index contributed by atoms with van der Waals surface area (Å²) >= 11 is 3.72. The lowest BCUT2D eigenvalue weighted by molar-refractivity contribution is 0.722. The zero-order chi connectivity index (χ0) is 74.2. The van der Waals surface area contributed by atoms with Gasteiger partial charge in [-0.2, -0.15) is 0 Å². The van der Waals surface area contributed by atoms with Gasteiger partial charge >= 0.3 is 0 Å². The van der Waals surface area contributed by atoms with Gasteiger partial charge in [0.25, 0.3) is 0 Å². The minimum atomic E-state index is -0.720. The summed E-state index contributed by atoms with van der Waals surface area (Å²) in [6.07, 6.45) is 4.03. The van der Waals surface area contributed by atoms with Gasteiger partial charge in [-0.25, -0.2) is 19.9 Å². The summed E-state index contributed by atoms with van der Waals surface area (Å²) < 4.78 is 0. The number of aromatic nitrogens is 6. The van der Waals surface area contributed by atoms with Gasteiger partial charge in [-0.05, 0) is 218 Å². The number of fused-ring (bicyclic) bond motifs is 18. The van der Waals surface area contributed by atoms with Crippen LogP contribution in [0, 0.1) is 34.6 Å². The standard InChI is InChI=1S/C103H70N6S2/c1-61-52-91(105-59-63(61)3)77-46-50-88-99(56-77)111-97-30-17-15-27-86(97)103(88)89-28-18-24-80(95-58-92(106-65(5)107-95)71-37-31-68(32-38-71)66-19-8-6-9-20-66)100(89)79-47-43-74(54-90(79)103)70-33-39-72(40-34-70)93-57-94(109-101(108-93)73-41-35-69(36-42-73)67-21-10-7-11-22-67)76-45-48-84-81(53-76)78-23-12-13-25-83(78)102(84)85-26-14-16-29-96(85)110-98-55-75(44-49-87(98)102)82-60-104-64(4)51-62(82)2/h6-60H,1-5H3. The van der Waals surface area contributed by atoms with Crippen LogP contribution in [0.3, 0.4) is 0 Å². The van der Waals surface area contributed by atoms with Crippen molar-refractivity contribution in [1.82, 2.24) is 29.9 Å². The Morgan fingerprint density at radius 2 is 0.685 bits per heavy atom. The number of hydrogen-bond donors (Lipinski definition) is 0. The van der Waals surface area contributed by atoms with Crippen molar-refractivity contribution in [3.63, 3.8) is 0 Å². The lowest BCUT2D eigenvalue weighted by Gasteiger charge is -2.40. The molecule has 2 unspecified atom stereocenters. The fraction of sp³-hybridized carbons (Fsp3) is 0.0680. The van der Waals surface area contributed by atoms with Crippen molar-refractivity contribution in [2.45, 2.75) is 65.0 Å². The van der Waals surface area contributed by atoms with E-state index in [9.17, 15) is 0 Å².